The van der Waals surface area contributed by atoms with E-state index in [4.69, 9.17) is 39.5 Å². The summed E-state index contributed by atoms with van der Waals surface area (Å²) in [6, 6.07) is 1.53. The molecule has 5 heteroatoms. The Morgan fingerprint density at radius 2 is 1.87 bits per heavy atom. The fraction of sp³-hybridized carbons (Fsp3) is 0.500. The third kappa shape index (κ3) is 3.40. The molecule has 1 heterocycles. The fourth-order valence-corrected chi connectivity index (χ4v) is 1.36. The number of hydrogen-bond donors (Lipinski definition) is 0. The van der Waals surface area contributed by atoms with Crippen molar-refractivity contribution in [1.82, 2.24) is 4.98 Å². The zero-order chi connectivity index (χ0) is 11.6. The molecule has 0 aliphatic rings. The first-order valence-electron chi connectivity index (χ1n) is 4.56. The number of ether oxygens (including phenoxy) is 1. The summed E-state index contributed by atoms with van der Waals surface area (Å²) in [7, 11) is 0. The molecule has 0 aliphatic carbocycles. The molecule has 0 spiro atoms. The zero-order valence-electron chi connectivity index (χ0n) is 8.77. The van der Waals surface area contributed by atoms with Crippen molar-refractivity contribution in [3.63, 3.8) is 0 Å². The van der Waals surface area contributed by atoms with E-state index >= 15 is 0 Å². The maximum absolute atomic E-state index is 5.93. The quantitative estimate of drug-likeness (QED) is 0.747. The van der Waals surface area contributed by atoms with Crippen LogP contribution in [0.4, 0.5) is 0 Å². The van der Waals surface area contributed by atoms with Crippen LogP contribution in [-0.4, -0.2) is 10.6 Å². The lowest BCUT2D eigenvalue weighted by Gasteiger charge is -2.24. The first kappa shape index (κ1) is 12.9. The van der Waals surface area contributed by atoms with Crippen LogP contribution in [0.2, 0.25) is 15.2 Å². The largest absolute Gasteiger partial charge is 0.471 e. The van der Waals surface area contributed by atoms with E-state index in [1.54, 1.807) is 0 Å². The lowest BCUT2D eigenvalue weighted by atomic mass is 10.1. The van der Waals surface area contributed by atoms with Crippen molar-refractivity contribution >= 4 is 34.8 Å². The van der Waals surface area contributed by atoms with E-state index < -0.39 is 0 Å². The van der Waals surface area contributed by atoms with E-state index in [1.807, 2.05) is 20.8 Å². The lowest BCUT2D eigenvalue weighted by molar-refractivity contribution is 0.0992. The number of rotatable bonds is 3. The highest BCUT2D eigenvalue weighted by Gasteiger charge is 2.20. The van der Waals surface area contributed by atoms with Gasteiger partial charge in [0.1, 0.15) is 10.6 Å². The summed E-state index contributed by atoms with van der Waals surface area (Å²) >= 11 is 17.5. The molecule has 1 aromatic heterocycles. The van der Waals surface area contributed by atoms with Crippen LogP contribution in [-0.2, 0) is 0 Å². The molecule has 0 saturated heterocycles. The smallest absolute Gasteiger partial charge is 0.234 e. The highest BCUT2D eigenvalue weighted by molar-refractivity contribution is 6.42. The second-order valence-electron chi connectivity index (χ2n) is 3.76. The van der Waals surface area contributed by atoms with E-state index in [1.165, 1.54) is 6.07 Å². The molecule has 0 fully saturated rings. The van der Waals surface area contributed by atoms with Crippen molar-refractivity contribution < 1.29 is 4.74 Å². The Bertz CT molecular complexity index is 366. The van der Waals surface area contributed by atoms with Crippen molar-refractivity contribution in [2.24, 2.45) is 0 Å². The average Bonchev–Trinajstić information content (AvgIpc) is 2.14. The Labute approximate surface area is 104 Å². The van der Waals surface area contributed by atoms with Gasteiger partial charge >= 0.3 is 0 Å². The zero-order valence-corrected chi connectivity index (χ0v) is 11.0. The number of halogens is 3. The molecule has 0 unspecified atom stereocenters. The van der Waals surface area contributed by atoms with Gasteiger partial charge in [-0.1, -0.05) is 41.7 Å². The van der Waals surface area contributed by atoms with Gasteiger partial charge in [0.15, 0.2) is 5.15 Å². The standard InChI is InChI=1S/C10H12Cl3NO/c1-4-10(2,3)15-9-7(12)5-6(11)8(13)14-9/h5H,4H2,1-3H3. The summed E-state index contributed by atoms with van der Waals surface area (Å²) < 4.78 is 5.63. The summed E-state index contributed by atoms with van der Waals surface area (Å²) in [5.41, 5.74) is -0.326. The van der Waals surface area contributed by atoms with Crippen LogP contribution in [0.15, 0.2) is 6.07 Å². The Morgan fingerprint density at radius 1 is 1.27 bits per heavy atom. The molecule has 0 aliphatic heterocycles. The van der Waals surface area contributed by atoms with Crippen LogP contribution >= 0.6 is 34.8 Å². The summed E-state index contributed by atoms with van der Waals surface area (Å²) in [6.45, 7) is 5.92. The topological polar surface area (TPSA) is 22.1 Å². The Kier molecular flexibility index (Phi) is 4.10. The second-order valence-corrected chi connectivity index (χ2v) is 4.94. The minimum Gasteiger partial charge on any atom is -0.471 e. The maximum atomic E-state index is 5.93. The first-order valence-corrected chi connectivity index (χ1v) is 5.69. The fourth-order valence-electron chi connectivity index (χ4n) is 0.834. The van der Waals surface area contributed by atoms with Gasteiger partial charge in [0, 0.05) is 0 Å². The van der Waals surface area contributed by atoms with E-state index in [2.05, 4.69) is 4.98 Å². The number of pyridine rings is 1. The van der Waals surface area contributed by atoms with Gasteiger partial charge in [0.05, 0.1) is 5.02 Å². The average molecular weight is 269 g/mol. The summed E-state index contributed by atoms with van der Waals surface area (Å²) in [5, 5.41) is 0.886. The first-order chi connectivity index (χ1) is 6.85. The van der Waals surface area contributed by atoms with Crippen LogP contribution in [0, 0.1) is 0 Å². The van der Waals surface area contributed by atoms with Gasteiger partial charge in [-0.25, -0.2) is 0 Å². The van der Waals surface area contributed by atoms with Crippen LogP contribution in [0.25, 0.3) is 0 Å². The predicted octanol–water partition coefficient (Wildman–Crippen LogP) is 4.61. The van der Waals surface area contributed by atoms with Crippen molar-refractivity contribution in [1.29, 1.82) is 0 Å². The second kappa shape index (κ2) is 4.77. The Balaban J connectivity index is 3.01. The van der Waals surface area contributed by atoms with Gasteiger partial charge in [-0.3, -0.25) is 0 Å². The Morgan fingerprint density at radius 3 is 2.40 bits per heavy atom. The van der Waals surface area contributed by atoms with Gasteiger partial charge in [0.25, 0.3) is 0 Å². The van der Waals surface area contributed by atoms with Crippen LogP contribution in [0.5, 0.6) is 5.88 Å². The van der Waals surface area contributed by atoms with Gasteiger partial charge in [-0.05, 0) is 26.3 Å². The van der Waals surface area contributed by atoms with E-state index in [0.29, 0.717) is 15.9 Å². The van der Waals surface area contributed by atoms with Gasteiger partial charge in [-0.15, -0.1) is 0 Å². The molecule has 0 bridgehead atoms. The molecule has 0 N–H and O–H groups in total. The summed E-state index contributed by atoms with van der Waals surface area (Å²) in [4.78, 5) is 3.98. The third-order valence-electron chi connectivity index (χ3n) is 2.08. The number of nitrogens with zero attached hydrogens (tertiary/aromatic N) is 1. The molecule has 2 nitrogen and oxygen atoms in total. The Hall–Kier alpha value is -0.180. The lowest BCUT2D eigenvalue weighted by Crippen LogP contribution is -2.27. The molecule has 0 atom stereocenters. The van der Waals surface area contributed by atoms with Gasteiger partial charge in [-0.2, -0.15) is 4.98 Å². The highest BCUT2D eigenvalue weighted by atomic mass is 35.5. The predicted molar refractivity (Wildman–Crippen MR) is 64.3 cm³/mol. The number of aromatic nitrogens is 1. The van der Waals surface area contributed by atoms with Crippen LogP contribution in [0.1, 0.15) is 27.2 Å². The molecule has 1 rings (SSSR count). The molecule has 0 saturated carbocycles. The van der Waals surface area contributed by atoms with E-state index in [9.17, 15) is 0 Å². The van der Waals surface area contributed by atoms with Gasteiger partial charge in [0.2, 0.25) is 5.88 Å². The molecule has 1 aromatic rings. The van der Waals surface area contributed by atoms with Gasteiger partial charge < -0.3 is 4.74 Å². The normalized spacial score (nSPS) is 11.6. The van der Waals surface area contributed by atoms with Crippen LogP contribution in [0.3, 0.4) is 0 Å². The third-order valence-corrected chi connectivity index (χ3v) is 3.02. The minimum atomic E-state index is -0.326. The van der Waals surface area contributed by atoms with Crippen molar-refractivity contribution in [2.45, 2.75) is 32.8 Å². The molecular weight excluding hydrogens is 256 g/mol. The van der Waals surface area contributed by atoms with Crippen molar-refractivity contribution in [3.8, 4) is 5.88 Å². The monoisotopic (exact) mass is 267 g/mol. The molecule has 15 heavy (non-hydrogen) atoms. The molecule has 0 amide bonds. The van der Waals surface area contributed by atoms with E-state index in [-0.39, 0.29) is 10.8 Å². The SMILES string of the molecule is CCC(C)(C)Oc1nc(Cl)c(Cl)cc1Cl. The molecular formula is C10H12Cl3NO. The van der Waals surface area contributed by atoms with Crippen molar-refractivity contribution in [2.75, 3.05) is 0 Å². The highest BCUT2D eigenvalue weighted by Crippen LogP contribution is 2.32. The van der Waals surface area contributed by atoms with Crippen LogP contribution < -0.4 is 4.74 Å². The minimum absolute atomic E-state index is 0.197. The summed E-state index contributed by atoms with van der Waals surface area (Å²) in [5.74, 6) is 0.318. The van der Waals surface area contributed by atoms with Crippen molar-refractivity contribution in [3.05, 3.63) is 21.3 Å². The molecule has 0 aromatic carbocycles. The maximum Gasteiger partial charge on any atom is 0.234 e. The number of hydrogen-bond acceptors (Lipinski definition) is 2. The molecule has 0 radical (unpaired) electrons. The molecule has 84 valence electrons. The van der Waals surface area contributed by atoms with E-state index in [0.717, 1.165) is 6.42 Å². The summed E-state index contributed by atoms with van der Waals surface area (Å²) in [6.07, 6.45) is 0.839.